The molecule has 3 aromatic rings. The van der Waals surface area contributed by atoms with Crippen LogP contribution in [0.4, 0.5) is 5.69 Å². The summed E-state index contributed by atoms with van der Waals surface area (Å²) in [6.07, 6.45) is 5.73. The molecule has 1 atom stereocenters. The van der Waals surface area contributed by atoms with E-state index in [1.54, 1.807) is 24.4 Å². The summed E-state index contributed by atoms with van der Waals surface area (Å²) < 4.78 is 0. The van der Waals surface area contributed by atoms with Crippen molar-refractivity contribution in [2.75, 3.05) is 11.9 Å². The molecular formula is C15H14N6O3. The lowest BCUT2D eigenvalue weighted by molar-refractivity contribution is -0.118. The Morgan fingerprint density at radius 3 is 2.88 bits per heavy atom. The minimum Gasteiger partial charge on any atom is -0.394 e. The van der Waals surface area contributed by atoms with E-state index in [2.05, 4.69) is 30.8 Å². The van der Waals surface area contributed by atoms with Gasteiger partial charge in [-0.05, 0) is 18.2 Å². The van der Waals surface area contributed by atoms with Crippen LogP contribution >= 0.6 is 0 Å². The van der Waals surface area contributed by atoms with Crippen LogP contribution in [0.3, 0.4) is 0 Å². The molecule has 4 N–H and O–H groups in total. The first-order valence-corrected chi connectivity index (χ1v) is 7.09. The largest absolute Gasteiger partial charge is 0.394 e. The number of hydrogen-bond acceptors (Lipinski definition) is 6. The van der Waals surface area contributed by atoms with Gasteiger partial charge in [0.15, 0.2) is 0 Å². The minimum absolute atomic E-state index is 0.0580. The summed E-state index contributed by atoms with van der Waals surface area (Å²) in [7, 11) is 0. The lowest BCUT2D eigenvalue weighted by atomic mass is 10.2. The van der Waals surface area contributed by atoms with E-state index in [0.29, 0.717) is 5.69 Å². The number of nitrogens with one attached hydrogen (secondary N) is 3. The summed E-state index contributed by atoms with van der Waals surface area (Å²) in [4.78, 5) is 31.8. The van der Waals surface area contributed by atoms with Gasteiger partial charge >= 0.3 is 0 Å². The minimum atomic E-state index is -1.11. The van der Waals surface area contributed by atoms with Crippen LogP contribution in [0.25, 0.3) is 10.9 Å². The quantitative estimate of drug-likeness (QED) is 0.525. The number of benzene rings is 1. The van der Waals surface area contributed by atoms with Gasteiger partial charge in [-0.3, -0.25) is 19.7 Å². The highest BCUT2D eigenvalue weighted by molar-refractivity contribution is 6.01. The zero-order chi connectivity index (χ0) is 16.9. The topological polar surface area (TPSA) is 133 Å². The standard InChI is InChI=1S/C15H14N6O3/c22-8-13(20-14(23)12-7-16-3-4-17-12)15(24)19-10-2-1-9-6-18-21-11(9)5-10/h1-7,13,22H,8H2,(H,18,21)(H,19,24)(H,20,23)/t13-/m0/s1. The number of nitrogens with zero attached hydrogens (tertiary/aromatic N) is 3. The molecule has 9 heteroatoms. The molecule has 0 unspecified atom stereocenters. The predicted molar refractivity (Wildman–Crippen MR) is 85.1 cm³/mol. The lowest BCUT2D eigenvalue weighted by Gasteiger charge is -2.16. The van der Waals surface area contributed by atoms with E-state index in [0.717, 1.165) is 10.9 Å². The second-order valence-electron chi connectivity index (χ2n) is 4.96. The fourth-order valence-corrected chi connectivity index (χ4v) is 2.09. The molecule has 0 aliphatic heterocycles. The number of rotatable bonds is 5. The molecular weight excluding hydrogens is 312 g/mol. The van der Waals surface area contributed by atoms with Crippen molar-refractivity contribution in [3.05, 3.63) is 48.7 Å². The van der Waals surface area contributed by atoms with E-state index in [9.17, 15) is 14.7 Å². The maximum absolute atomic E-state index is 12.2. The number of H-pyrrole nitrogens is 1. The molecule has 0 aliphatic carbocycles. The van der Waals surface area contributed by atoms with Crippen molar-refractivity contribution in [3.63, 3.8) is 0 Å². The van der Waals surface area contributed by atoms with Crippen LogP contribution in [0.15, 0.2) is 43.0 Å². The van der Waals surface area contributed by atoms with Crippen molar-refractivity contribution >= 4 is 28.4 Å². The fourth-order valence-electron chi connectivity index (χ4n) is 2.09. The molecule has 24 heavy (non-hydrogen) atoms. The first-order chi connectivity index (χ1) is 11.7. The van der Waals surface area contributed by atoms with E-state index >= 15 is 0 Å². The van der Waals surface area contributed by atoms with Crippen molar-refractivity contribution in [2.45, 2.75) is 6.04 Å². The Kier molecular flexibility index (Phi) is 4.43. The smallest absolute Gasteiger partial charge is 0.272 e. The van der Waals surface area contributed by atoms with Crippen LogP contribution in [0.5, 0.6) is 0 Å². The van der Waals surface area contributed by atoms with Gasteiger partial charge in [-0.2, -0.15) is 5.10 Å². The lowest BCUT2D eigenvalue weighted by Crippen LogP contribution is -2.46. The third-order valence-corrected chi connectivity index (χ3v) is 3.31. The van der Waals surface area contributed by atoms with Crippen molar-refractivity contribution in [3.8, 4) is 0 Å². The number of amides is 2. The van der Waals surface area contributed by atoms with Gasteiger partial charge in [0.25, 0.3) is 5.91 Å². The van der Waals surface area contributed by atoms with Crippen LogP contribution in [0, 0.1) is 0 Å². The highest BCUT2D eigenvalue weighted by atomic mass is 16.3. The molecule has 0 bridgehead atoms. The molecule has 3 rings (SSSR count). The number of aliphatic hydroxyl groups excluding tert-OH is 1. The first kappa shape index (κ1) is 15.6. The molecule has 2 aromatic heterocycles. The van der Waals surface area contributed by atoms with Gasteiger partial charge in [-0.25, -0.2) is 4.98 Å². The number of aromatic nitrogens is 4. The summed E-state index contributed by atoms with van der Waals surface area (Å²) in [5.74, 6) is -1.14. The van der Waals surface area contributed by atoms with Gasteiger partial charge in [0.05, 0.1) is 24.5 Å². The van der Waals surface area contributed by atoms with Gasteiger partial charge < -0.3 is 15.7 Å². The molecule has 2 heterocycles. The number of fused-ring (bicyclic) bond motifs is 1. The Balaban J connectivity index is 1.68. The number of carbonyl (C=O) groups is 2. The molecule has 0 saturated heterocycles. The Morgan fingerprint density at radius 1 is 1.25 bits per heavy atom. The average molecular weight is 326 g/mol. The van der Waals surface area contributed by atoms with E-state index in [4.69, 9.17) is 0 Å². The molecule has 2 amide bonds. The zero-order valence-corrected chi connectivity index (χ0v) is 12.4. The molecule has 9 nitrogen and oxygen atoms in total. The van der Waals surface area contributed by atoms with Gasteiger partial charge in [0.1, 0.15) is 11.7 Å². The number of aromatic amines is 1. The van der Waals surface area contributed by atoms with Gasteiger partial charge in [0, 0.05) is 23.5 Å². The van der Waals surface area contributed by atoms with Crippen molar-refractivity contribution in [1.29, 1.82) is 0 Å². The number of carbonyl (C=O) groups excluding carboxylic acids is 2. The van der Waals surface area contributed by atoms with Crippen LogP contribution in [-0.4, -0.2) is 49.7 Å². The third kappa shape index (κ3) is 3.36. The third-order valence-electron chi connectivity index (χ3n) is 3.31. The maximum atomic E-state index is 12.2. The normalized spacial score (nSPS) is 11.9. The Morgan fingerprint density at radius 2 is 2.12 bits per heavy atom. The second-order valence-corrected chi connectivity index (χ2v) is 4.96. The zero-order valence-electron chi connectivity index (χ0n) is 12.4. The molecule has 1 aromatic carbocycles. The van der Waals surface area contributed by atoms with Crippen LogP contribution < -0.4 is 10.6 Å². The van der Waals surface area contributed by atoms with E-state index in [-0.39, 0.29) is 5.69 Å². The maximum Gasteiger partial charge on any atom is 0.272 e. The van der Waals surface area contributed by atoms with E-state index in [1.807, 2.05) is 0 Å². The molecule has 0 aliphatic rings. The fraction of sp³-hybridized carbons (Fsp3) is 0.133. The van der Waals surface area contributed by atoms with Gasteiger partial charge in [-0.1, -0.05) is 0 Å². The first-order valence-electron chi connectivity index (χ1n) is 7.09. The van der Waals surface area contributed by atoms with Gasteiger partial charge in [-0.15, -0.1) is 0 Å². The summed E-state index contributed by atoms with van der Waals surface area (Å²) in [5, 5.41) is 22.0. The molecule has 0 saturated carbocycles. The summed E-state index contributed by atoms with van der Waals surface area (Å²) in [5.41, 5.74) is 1.34. The summed E-state index contributed by atoms with van der Waals surface area (Å²) >= 11 is 0. The van der Waals surface area contributed by atoms with Crippen molar-refractivity contribution in [1.82, 2.24) is 25.5 Å². The summed E-state index contributed by atoms with van der Waals surface area (Å²) in [6, 6.07) is 4.09. The molecule has 122 valence electrons. The molecule has 0 spiro atoms. The average Bonchev–Trinajstić information content (AvgIpc) is 3.07. The second kappa shape index (κ2) is 6.84. The van der Waals surface area contributed by atoms with Crippen LogP contribution in [0.2, 0.25) is 0 Å². The SMILES string of the molecule is O=C(N[C@@H](CO)C(=O)Nc1ccc2cn[nH]c2c1)c1cnccn1. The van der Waals surface area contributed by atoms with Crippen molar-refractivity contribution < 1.29 is 14.7 Å². The number of aliphatic hydroxyl groups is 1. The highest BCUT2D eigenvalue weighted by Gasteiger charge is 2.21. The number of anilines is 1. The monoisotopic (exact) mass is 326 g/mol. The van der Waals surface area contributed by atoms with Gasteiger partial charge in [0.2, 0.25) is 5.91 Å². The Bertz CT molecular complexity index is 864. The predicted octanol–water partition coefficient (Wildman–Crippen LogP) is 0.0823. The van der Waals surface area contributed by atoms with Crippen molar-refractivity contribution in [2.24, 2.45) is 0 Å². The van der Waals surface area contributed by atoms with E-state index < -0.39 is 24.5 Å². The van der Waals surface area contributed by atoms with Crippen LogP contribution in [-0.2, 0) is 4.79 Å². The number of hydrogen-bond donors (Lipinski definition) is 4. The molecule has 0 radical (unpaired) electrons. The Labute approximate surface area is 136 Å². The Hall–Kier alpha value is -3.33. The summed E-state index contributed by atoms with van der Waals surface area (Å²) in [6.45, 7) is -0.551. The van der Waals surface area contributed by atoms with E-state index in [1.165, 1.54) is 18.6 Å². The van der Waals surface area contributed by atoms with Crippen LogP contribution in [0.1, 0.15) is 10.5 Å². The highest BCUT2D eigenvalue weighted by Crippen LogP contribution is 2.16. The molecule has 0 fully saturated rings.